The molecule has 0 bridgehead atoms. The topological polar surface area (TPSA) is 135 Å². The predicted octanol–water partition coefficient (Wildman–Crippen LogP) is 4.05. The zero-order valence-corrected chi connectivity index (χ0v) is 25.4. The summed E-state index contributed by atoms with van der Waals surface area (Å²) in [4.78, 5) is 30.2. The first kappa shape index (κ1) is 33.2. The van der Waals surface area contributed by atoms with Gasteiger partial charge in [-0.1, -0.05) is 36.4 Å². The van der Waals surface area contributed by atoms with Crippen molar-refractivity contribution >= 4 is 19.6 Å². The summed E-state index contributed by atoms with van der Waals surface area (Å²) in [5.74, 6) is 1.43. The lowest BCUT2D eigenvalue weighted by molar-refractivity contribution is 0.0933. The second-order valence-corrected chi connectivity index (χ2v) is 11.8. The van der Waals surface area contributed by atoms with E-state index >= 15 is 0 Å². The average Bonchev–Trinajstić information content (AvgIpc) is 3.22. The molecular weight excluding hydrogens is 557 g/mol. The lowest BCUT2D eigenvalue weighted by Gasteiger charge is -2.34. The SMILES string of the molecule is CCOP(=O)(C#N)OCC.O=C(NCCN1CCN(Cc2ccccc2)CC1)c1ccc2c(c1)CCN(C(=O)O)CC2. The molecule has 0 unspecified atom stereocenters. The highest BCUT2D eigenvalue weighted by molar-refractivity contribution is 7.59. The van der Waals surface area contributed by atoms with Crippen molar-refractivity contribution in [1.29, 1.82) is 5.26 Å². The summed E-state index contributed by atoms with van der Waals surface area (Å²) >= 11 is 0. The second-order valence-electron chi connectivity index (χ2n) is 10.0. The van der Waals surface area contributed by atoms with Crippen LogP contribution in [0.15, 0.2) is 48.5 Å². The van der Waals surface area contributed by atoms with Crippen LogP contribution in [0.5, 0.6) is 0 Å². The largest absolute Gasteiger partial charge is 0.465 e. The van der Waals surface area contributed by atoms with E-state index in [0.717, 1.165) is 50.4 Å². The third-order valence-corrected chi connectivity index (χ3v) is 8.63. The molecule has 1 saturated heterocycles. The van der Waals surface area contributed by atoms with Crippen LogP contribution in [0.2, 0.25) is 0 Å². The van der Waals surface area contributed by atoms with E-state index in [0.29, 0.717) is 38.0 Å². The van der Waals surface area contributed by atoms with Crippen LogP contribution in [0.3, 0.4) is 0 Å². The van der Waals surface area contributed by atoms with Crippen LogP contribution < -0.4 is 5.32 Å². The fraction of sp³-hybridized carbons (Fsp3) is 0.500. The molecule has 2 aromatic rings. The minimum Gasteiger partial charge on any atom is -0.465 e. The highest BCUT2D eigenvalue weighted by Gasteiger charge is 2.22. The molecule has 0 radical (unpaired) electrons. The molecule has 2 amide bonds. The lowest BCUT2D eigenvalue weighted by Crippen LogP contribution is -2.48. The van der Waals surface area contributed by atoms with Crippen molar-refractivity contribution in [1.82, 2.24) is 20.0 Å². The number of nitriles is 1. The molecule has 11 nitrogen and oxygen atoms in total. The Morgan fingerprint density at radius 2 is 1.55 bits per heavy atom. The van der Waals surface area contributed by atoms with Gasteiger partial charge in [-0.2, -0.15) is 5.26 Å². The smallest absolute Gasteiger partial charge is 0.431 e. The molecule has 1 fully saturated rings. The van der Waals surface area contributed by atoms with Crippen LogP contribution in [0, 0.1) is 11.1 Å². The van der Waals surface area contributed by atoms with Gasteiger partial charge in [0.05, 0.1) is 13.2 Å². The van der Waals surface area contributed by atoms with Crippen molar-refractivity contribution in [3.8, 4) is 5.81 Å². The maximum absolute atomic E-state index is 12.6. The van der Waals surface area contributed by atoms with E-state index < -0.39 is 13.7 Å². The quantitative estimate of drug-likeness (QED) is 0.388. The molecular formula is C30H42N5O6P. The van der Waals surface area contributed by atoms with E-state index in [1.807, 2.05) is 24.3 Å². The van der Waals surface area contributed by atoms with E-state index in [2.05, 4.69) is 48.4 Å². The fourth-order valence-corrected chi connectivity index (χ4v) is 5.80. The summed E-state index contributed by atoms with van der Waals surface area (Å²) < 4.78 is 20.2. The number of benzene rings is 2. The number of nitrogens with zero attached hydrogens (tertiary/aromatic N) is 4. The Bertz CT molecular complexity index is 1240. The minimum absolute atomic E-state index is 0.0603. The number of carbonyl (C=O) groups excluding carboxylic acids is 1. The third kappa shape index (κ3) is 10.5. The van der Waals surface area contributed by atoms with E-state index in [-0.39, 0.29) is 19.1 Å². The van der Waals surface area contributed by atoms with Gasteiger partial charge in [0.15, 0.2) is 5.81 Å². The molecule has 0 saturated carbocycles. The number of fused-ring (bicyclic) bond motifs is 1. The van der Waals surface area contributed by atoms with Gasteiger partial charge in [0.2, 0.25) is 0 Å². The summed E-state index contributed by atoms with van der Waals surface area (Å²) in [7, 11) is -3.39. The van der Waals surface area contributed by atoms with Crippen LogP contribution in [-0.4, -0.2) is 97.4 Å². The van der Waals surface area contributed by atoms with Gasteiger partial charge in [-0.25, -0.2) is 9.36 Å². The van der Waals surface area contributed by atoms with Gasteiger partial charge in [0.1, 0.15) is 0 Å². The molecule has 0 spiro atoms. The van der Waals surface area contributed by atoms with Crippen LogP contribution in [0.25, 0.3) is 0 Å². The standard InChI is InChI=1S/C25H32N4O3.C5H10NO3P/c30-24(23-7-6-21-8-11-29(25(31)32)12-9-22(21)18-23)26-10-13-27-14-16-28(17-15-27)19-20-4-2-1-3-5-20;1-3-8-10(7,5-6)9-4-2/h1-7,18H,8-17,19H2,(H,26,30)(H,31,32);3-4H2,1-2H3. The Kier molecular flexibility index (Phi) is 13.5. The molecule has 228 valence electrons. The Morgan fingerprint density at radius 1 is 0.929 bits per heavy atom. The molecule has 2 aliphatic rings. The summed E-state index contributed by atoms with van der Waals surface area (Å²) in [6.07, 6.45) is 0.465. The first-order valence-electron chi connectivity index (χ1n) is 14.4. The molecule has 42 heavy (non-hydrogen) atoms. The first-order chi connectivity index (χ1) is 20.3. The maximum atomic E-state index is 12.6. The summed E-state index contributed by atoms with van der Waals surface area (Å²) in [5, 5.41) is 20.6. The van der Waals surface area contributed by atoms with E-state index in [1.54, 1.807) is 13.8 Å². The normalized spacial score (nSPS) is 15.9. The Morgan fingerprint density at radius 3 is 2.14 bits per heavy atom. The van der Waals surface area contributed by atoms with E-state index in [9.17, 15) is 19.3 Å². The van der Waals surface area contributed by atoms with Crippen LogP contribution in [-0.2, 0) is 33.0 Å². The van der Waals surface area contributed by atoms with Gasteiger partial charge in [-0.05, 0) is 55.5 Å². The van der Waals surface area contributed by atoms with Gasteiger partial charge in [-0.3, -0.25) is 23.6 Å². The van der Waals surface area contributed by atoms with Crippen LogP contribution >= 0.6 is 7.60 Å². The van der Waals surface area contributed by atoms with E-state index in [1.165, 1.54) is 16.3 Å². The van der Waals surface area contributed by atoms with Gasteiger partial charge < -0.3 is 15.3 Å². The highest BCUT2D eigenvalue weighted by Crippen LogP contribution is 2.46. The molecule has 0 atom stereocenters. The molecule has 2 N–H and O–H groups in total. The van der Waals surface area contributed by atoms with Gasteiger partial charge in [0, 0.05) is 64.5 Å². The van der Waals surface area contributed by atoms with Gasteiger partial charge >= 0.3 is 13.7 Å². The van der Waals surface area contributed by atoms with Crippen molar-refractivity contribution in [2.45, 2.75) is 33.2 Å². The second kappa shape index (κ2) is 17.0. The Hall–Kier alpha value is -3.26. The summed E-state index contributed by atoms with van der Waals surface area (Å²) in [6, 6.07) is 16.3. The summed E-state index contributed by atoms with van der Waals surface area (Å²) in [5.41, 5.74) is 4.22. The molecule has 2 aliphatic heterocycles. The number of piperazine rings is 1. The predicted molar refractivity (Wildman–Crippen MR) is 160 cm³/mol. The molecule has 4 rings (SSSR count). The lowest BCUT2D eigenvalue weighted by atomic mass is 10.00. The number of carboxylic acid groups (broad SMARTS) is 1. The number of amides is 2. The maximum Gasteiger partial charge on any atom is 0.431 e. The van der Waals surface area contributed by atoms with Gasteiger partial charge in [-0.15, -0.1) is 0 Å². The van der Waals surface area contributed by atoms with Crippen molar-refractivity contribution in [3.63, 3.8) is 0 Å². The minimum atomic E-state index is -3.39. The monoisotopic (exact) mass is 599 g/mol. The first-order valence-corrected chi connectivity index (χ1v) is 16.0. The molecule has 0 aliphatic carbocycles. The van der Waals surface area contributed by atoms with Crippen molar-refractivity contribution in [2.75, 3.05) is 65.6 Å². The Balaban J connectivity index is 0.000000416. The fourth-order valence-electron chi connectivity index (χ4n) is 4.93. The van der Waals surface area contributed by atoms with Gasteiger partial charge in [0.25, 0.3) is 5.91 Å². The van der Waals surface area contributed by atoms with Crippen molar-refractivity contribution in [2.24, 2.45) is 0 Å². The zero-order chi connectivity index (χ0) is 30.4. The number of carbonyl (C=O) groups is 2. The molecule has 2 heterocycles. The number of hydrogen-bond acceptors (Lipinski definition) is 8. The highest BCUT2D eigenvalue weighted by atomic mass is 31.2. The van der Waals surface area contributed by atoms with Crippen LogP contribution in [0.4, 0.5) is 4.79 Å². The molecule has 12 heteroatoms. The van der Waals surface area contributed by atoms with Crippen LogP contribution in [0.1, 0.15) is 40.9 Å². The summed E-state index contributed by atoms with van der Waals surface area (Å²) in [6.45, 7) is 11.3. The Labute approximate surface area is 248 Å². The number of nitrogens with one attached hydrogen (secondary N) is 1. The number of hydrogen-bond donors (Lipinski definition) is 2. The molecule has 0 aromatic heterocycles. The van der Waals surface area contributed by atoms with Crippen molar-refractivity contribution in [3.05, 3.63) is 70.8 Å². The van der Waals surface area contributed by atoms with Crippen molar-refractivity contribution < 1.29 is 28.3 Å². The zero-order valence-electron chi connectivity index (χ0n) is 24.5. The third-order valence-electron chi connectivity index (χ3n) is 7.19. The number of rotatable bonds is 10. The van der Waals surface area contributed by atoms with E-state index in [4.69, 9.17) is 5.26 Å². The molecule has 2 aromatic carbocycles. The average molecular weight is 600 g/mol.